The third kappa shape index (κ3) is 1.37. The minimum Gasteiger partial charge on any atom is -0.288 e. The lowest BCUT2D eigenvalue weighted by atomic mass is 9.97. The summed E-state index contributed by atoms with van der Waals surface area (Å²) < 4.78 is 0. The van der Waals surface area contributed by atoms with Crippen LogP contribution in [0.1, 0.15) is 11.1 Å². The highest BCUT2D eigenvalue weighted by atomic mass is 14.7. The minimum atomic E-state index is 0.783. The lowest BCUT2D eigenvalue weighted by Gasteiger charge is -2.07. The van der Waals surface area contributed by atoms with Gasteiger partial charge in [0.25, 0.3) is 0 Å². The van der Waals surface area contributed by atoms with E-state index in [2.05, 4.69) is 53.5 Å². The molecule has 2 aromatic rings. The van der Waals surface area contributed by atoms with Crippen molar-refractivity contribution in [3.63, 3.8) is 0 Å². The van der Waals surface area contributed by atoms with Gasteiger partial charge < -0.3 is 0 Å². The smallest absolute Gasteiger partial charge is 0.0646 e. The molecule has 1 heterocycles. The summed E-state index contributed by atoms with van der Waals surface area (Å²) in [6.07, 6.45) is 1.97. The highest BCUT2D eigenvalue weighted by molar-refractivity contribution is 5.92. The zero-order chi connectivity index (χ0) is 10.1. The Balaban J connectivity index is 2.33. The quantitative estimate of drug-likeness (QED) is 0.608. The summed E-state index contributed by atoms with van der Waals surface area (Å²) in [4.78, 5) is 4.43. The predicted octanol–water partition coefficient (Wildman–Crippen LogP) is 3.29. The first-order chi connectivity index (χ1) is 7.45. The maximum absolute atomic E-state index is 4.43. The van der Waals surface area contributed by atoms with Crippen molar-refractivity contribution >= 4 is 6.21 Å². The van der Waals surface area contributed by atoms with Crippen LogP contribution in [0.3, 0.4) is 0 Å². The van der Waals surface area contributed by atoms with Crippen LogP contribution in [-0.2, 0) is 6.54 Å². The molecule has 15 heavy (non-hydrogen) atoms. The van der Waals surface area contributed by atoms with Gasteiger partial charge in [-0.05, 0) is 16.7 Å². The fourth-order valence-corrected chi connectivity index (χ4v) is 2.02. The van der Waals surface area contributed by atoms with Crippen LogP contribution < -0.4 is 0 Å². The molecule has 0 aliphatic carbocycles. The van der Waals surface area contributed by atoms with Gasteiger partial charge in [-0.2, -0.15) is 0 Å². The van der Waals surface area contributed by atoms with Crippen LogP contribution >= 0.6 is 0 Å². The van der Waals surface area contributed by atoms with E-state index in [4.69, 9.17) is 0 Å². The summed E-state index contributed by atoms with van der Waals surface area (Å²) in [6, 6.07) is 16.9. The van der Waals surface area contributed by atoms with E-state index in [1.165, 1.54) is 22.3 Å². The molecule has 72 valence electrons. The van der Waals surface area contributed by atoms with Crippen molar-refractivity contribution in [1.82, 2.24) is 0 Å². The van der Waals surface area contributed by atoms with Gasteiger partial charge >= 0.3 is 0 Å². The molecule has 1 aliphatic heterocycles. The van der Waals surface area contributed by atoms with E-state index in [1.54, 1.807) is 0 Å². The largest absolute Gasteiger partial charge is 0.288 e. The Labute approximate surface area is 89.1 Å². The van der Waals surface area contributed by atoms with Crippen LogP contribution in [0.15, 0.2) is 53.5 Å². The van der Waals surface area contributed by atoms with Gasteiger partial charge in [-0.15, -0.1) is 0 Å². The Kier molecular flexibility index (Phi) is 1.88. The molecule has 0 N–H and O–H groups in total. The lowest BCUT2D eigenvalue weighted by molar-refractivity contribution is 1.09. The van der Waals surface area contributed by atoms with Gasteiger partial charge in [0.1, 0.15) is 0 Å². The number of aliphatic imine (C=N–C) groups is 1. The van der Waals surface area contributed by atoms with Crippen molar-refractivity contribution in [2.45, 2.75) is 6.54 Å². The average Bonchev–Trinajstić information content (AvgIpc) is 2.48. The van der Waals surface area contributed by atoms with Gasteiger partial charge in [-0.3, -0.25) is 4.99 Å². The Morgan fingerprint density at radius 1 is 0.800 bits per heavy atom. The average molecular weight is 193 g/mol. The molecule has 0 saturated heterocycles. The van der Waals surface area contributed by atoms with Gasteiger partial charge in [0.15, 0.2) is 0 Å². The van der Waals surface area contributed by atoms with E-state index >= 15 is 0 Å². The third-order valence-corrected chi connectivity index (χ3v) is 2.76. The standard InChI is InChI=1S/C14H11N/c1-3-7-13-11(5-1)9-15-10-12-6-2-4-8-14(12)13/h1-9H,10H2. The molecule has 3 rings (SSSR count). The Hall–Kier alpha value is -1.89. The molecule has 2 aromatic carbocycles. The molecule has 0 bridgehead atoms. The van der Waals surface area contributed by atoms with E-state index in [9.17, 15) is 0 Å². The molecular formula is C14H11N. The van der Waals surface area contributed by atoms with Gasteiger partial charge in [0, 0.05) is 11.8 Å². The highest BCUT2D eigenvalue weighted by Crippen LogP contribution is 2.28. The molecule has 0 spiro atoms. The molecule has 0 atom stereocenters. The van der Waals surface area contributed by atoms with Gasteiger partial charge in [0.05, 0.1) is 6.54 Å². The minimum absolute atomic E-state index is 0.783. The number of benzene rings is 2. The number of fused-ring (bicyclic) bond motifs is 3. The molecule has 0 saturated carbocycles. The lowest BCUT2D eigenvalue weighted by Crippen LogP contribution is -1.87. The van der Waals surface area contributed by atoms with Crippen molar-refractivity contribution in [1.29, 1.82) is 0 Å². The molecule has 0 radical (unpaired) electrons. The van der Waals surface area contributed by atoms with E-state index in [0.717, 1.165) is 6.54 Å². The fraction of sp³-hybridized carbons (Fsp3) is 0.0714. The summed E-state index contributed by atoms with van der Waals surface area (Å²) in [6.45, 7) is 0.783. The van der Waals surface area contributed by atoms with Crippen LogP contribution in [0, 0.1) is 0 Å². The molecular weight excluding hydrogens is 182 g/mol. The highest BCUT2D eigenvalue weighted by Gasteiger charge is 2.09. The van der Waals surface area contributed by atoms with Crippen molar-refractivity contribution in [2.24, 2.45) is 4.99 Å². The van der Waals surface area contributed by atoms with Crippen LogP contribution in [0.5, 0.6) is 0 Å². The first kappa shape index (κ1) is 8.42. The zero-order valence-electron chi connectivity index (χ0n) is 8.35. The second-order valence-electron chi connectivity index (χ2n) is 3.71. The Bertz CT molecular complexity index is 526. The second kappa shape index (κ2) is 3.35. The number of nitrogens with zero attached hydrogens (tertiary/aromatic N) is 1. The first-order valence-corrected chi connectivity index (χ1v) is 5.12. The third-order valence-electron chi connectivity index (χ3n) is 2.76. The SMILES string of the molecule is C1=NCc2ccccc2-c2ccccc21. The van der Waals surface area contributed by atoms with Crippen LogP contribution in [0.2, 0.25) is 0 Å². The normalized spacial score (nSPS) is 12.8. The fourth-order valence-electron chi connectivity index (χ4n) is 2.02. The zero-order valence-corrected chi connectivity index (χ0v) is 8.35. The number of rotatable bonds is 0. The van der Waals surface area contributed by atoms with Crippen LogP contribution in [-0.4, -0.2) is 6.21 Å². The molecule has 1 heteroatoms. The molecule has 1 aliphatic rings. The van der Waals surface area contributed by atoms with Crippen molar-refractivity contribution in [3.05, 3.63) is 59.7 Å². The second-order valence-corrected chi connectivity index (χ2v) is 3.71. The van der Waals surface area contributed by atoms with Gasteiger partial charge in [-0.25, -0.2) is 0 Å². The van der Waals surface area contributed by atoms with E-state index in [1.807, 2.05) is 6.21 Å². The molecule has 0 amide bonds. The van der Waals surface area contributed by atoms with Crippen LogP contribution in [0.4, 0.5) is 0 Å². The molecule has 0 aromatic heterocycles. The maximum Gasteiger partial charge on any atom is 0.0646 e. The topological polar surface area (TPSA) is 12.4 Å². The number of hydrogen-bond donors (Lipinski definition) is 0. The maximum atomic E-state index is 4.43. The number of hydrogen-bond acceptors (Lipinski definition) is 1. The van der Waals surface area contributed by atoms with Crippen molar-refractivity contribution in [2.75, 3.05) is 0 Å². The molecule has 0 fully saturated rings. The van der Waals surface area contributed by atoms with E-state index in [-0.39, 0.29) is 0 Å². The molecule has 0 unspecified atom stereocenters. The van der Waals surface area contributed by atoms with Crippen LogP contribution in [0.25, 0.3) is 11.1 Å². The van der Waals surface area contributed by atoms with Gasteiger partial charge in [-0.1, -0.05) is 48.5 Å². The molecule has 1 nitrogen and oxygen atoms in total. The first-order valence-electron chi connectivity index (χ1n) is 5.12. The Morgan fingerprint density at radius 2 is 1.53 bits per heavy atom. The predicted molar refractivity (Wildman–Crippen MR) is 63.2 cm³/mol. The van der Waals surface area contributed by atoms with Gasteiger partial charge in [0.2, 0.25) is 0 Å². The van der Waals surface area contributed by atoms with Crippen molar-refractivity contribution in [3.8, 4) is 11.1 Å². The summed E-state index contributed by atoms with van der Waals surface area (Å²) in [5.41, 5.74) is 5.11. The van der Waals surface area contributed by atoms with E-state index in [0.29, 0.717) is 0 Å². The Morgan fingerprint density at radius 3 is 2.47 bits per heavy atom. The van der Waals surface area contributed by atoms with Crippen molar-refractivity contribution < 1.29 is 0 Å². The summed E-state index contributed by atoms with van der Waals surface area (Å²) in [5, 5.41) is 0. The summed E-state index contributed by atoms with van der Waals surface area (Å²) in [7, 11) is 0. The summed E-state index contributed by atoms with van der Waals surface area (Å²) in [5.74, 6) is 0. The summed E-state index contributed by atoms with van der Waals surface area (Å²) >= 11 is 0. The van der Waals surface area contributed by atoms with E-state index < -0.39 is 0 Å². The monoisotopic (exact) mass is 193 g/mol.